The minimum atomic E-state index is -0.563. The van der Waals surface area contributed by atoms with Crippen LogP contribution in [0.1, 0.15) is 47.0 Å². The maximum atomic E-state index is 11.3. The minimum Gasteiger partial charge on any atom is -0.431 e. The molecule has 0 heterocycles. The van der Waals surface area contributed by atoms with E-state index in [0.29, 0.717) is 17.8 Å². The Kier molecular flexibility index (Phi) is 5.10. The molecule has 3 atom stereocenters. The lowest BCUT2D eigenvalue weighted by Crippen LogP contribution is -2.35. The molecular weight excluding hydrogens is 204 g/mol. The second kappa shape index (κ2) is 6.12. The summed E-state index contributed by atoms with van der Waals surface area (Å²) in [7, 11) is 0. The van der Waals surface area contributed by atoms with Crippen molar-refractivity contribution < 1.29 is 14.3 Å². The van der Waals surface area contributed by atoms with Crippen LogP contribution in [-0.4, -0.2) is 12.3 Å². The Bertz CT molecular complexity index is 225. The lowest BCUT2D eigenvalue weighted by atomic mass is 9.75. The molecular formula is C13H23O3. The molecule has 0 bridgehead atoms. The van der Waals surface area contributed by atoms with Gasteiger partial charge in [0.25, 0.3) is 0 Å². The summed E-state index contributed by atoms with van der Waals surface area (Å²) in [5, 5.41) is 0. The molecule has 3 nitrogen and oxygen atoms in total. The van der Waals surface area contributed by atoms with Crippen molar-refractivity contribution in [1.29, 1.82) is 0 Å². The third-order valence-corrected chi connectivity index (χ3v) is 3.42. The maximum Gasteiger partial charge on any atom is 0.508 e. The van der Waals surface area contributed by atoms with Crippen molar-refractivity contribution in [3.63, 3.8) is 0 Å². The summed E-state index contributed by atoms with van der Waals surface area (Å²) in [6.07, 6.45) is 2.80. The summed E-state index contributed by atoms with van der Waals surface area (Å²) in [6.45, 7) is 9.62. The molecule has 0 saturated heterocycles. The van der Waals surface area contributed by atoms with Crippen molar-refractivity contribution >= 4 is 6.16 Å². The van der Waals surface area contributed by atoms with E-state index in [0.717, 1.165) is 12.8 Å². The van der Waals surface area contributed by atoms with Crippen LogP contribution >= 0.6 is 0 Å². The molecule has 0 aromatic carbocycles. The average molecular weight is 227 g/mol. The zero-order valence-corrected chi connectivity index (χ0v) is 10.7. The highest BCUT2D eigenvalue weighted by atomic mass is 16.7. The van der Waals surface area contributed by atoms with Crippen LogP contribution in [0.3, 0.4) is 0 Å². The van der Waals surface area contributed by atoms with Gasteiger partial charge >= 0.3 is 6.16 Å². The Morgan fingerprint density at radius 1 is 1.38 bits per heavy atom. The van der Waals surface area contributed by atoms with Gasteiger partial charge in [0.05, 0.1) is 0 Å². The zero-order chi connectivity index (χ0) is 12.1. The topological polar surface area (TPSA) is 35.5 Å². The van der Waals surface area contributed by atoms with Crippen molar-refractivity contribution in [2.45, 2.75) is 53.1 Å². The van der Waals surface area contributed by atoms with Gasteiger partial charge in [0.1, 0.15) is 12.7 Å². The summed E-state index contributed by atoms with van der Waals surface area (Å²) >= 11 is 0. The Morgan fingerprint density at radius 3 is 2.62 bits per heavy atom. The van der Waals surface area contributed by atoms with Crippen LogP contribution in [0.15, 0.2) is 0 Å². The van der Waals surface area contributed by atoms with Crippen molar-refractivity contribution in [1.82, 2.24) is 0 Å². The van der Waals surface area contributed by atoms with Gasteiger partial charge in [-0.2, -0.15) is 0 Å². The highest BCUT2D eigenvalue weighted by Gasteiger charge is 2.33. The second-order valence-corrected chi connectivity index (χ2v) is 5.09. The largest absolute Gasteiger partial charge is 0.508 e. The predicted octanol–water partition coefficient (Wildman–Crippen LogP) is 3.78. The van der Waals surface area contributed by atoms with Gasteiger partial charge in [0.2, 0.25) is 0 Å². The fourth-order valence-corrected chi connectivity index (χ4v) is 2.50. The van der Waals surface area contributed by atoms with E-state index in [-0.39, 0.29) is 6.10 Å². The van der Waals surface area contributed by atoms with Gasteiger partial charge in [-0.25, -0.2) is 4.79 Å². The molecule has 0 aromatic heterocycles. The monoisotopic (exact) mass is 227 g/mol. The Morgan fingerprint density at radius 2 is 2.06 bits per heavy atom. The lowest BCUT2D eigenvalue weighted by molar-refractivity contribution is -0.0238. The lowest BCUT2D eigenvalue weighted by Gasteiger charge is -2.36. The van der Waals surface area contributed by atoms with E-state index in [1.54, 1.807) is 6.92 Å². The highest BCUT2D eigenvalue weighted by molar-refractivity contribution is 5.60. The highest BCUT2D eigenvalue weighted by Crippen LogP contribution is 2.35. The van der Waals surface area contributed by atoms with Gasteiger partial charge in [-0.05, 0) is 37.5 Å². The molecule has 1 radical (unpaired) electrons. The average Bonchev–Trinajstić information content (AvgIpc) is 2.17. The maximum absolute atomic E-state index is 11.3. The van der Waals surface area contributed by atoms with Crippen molar-refractivity contribution in [3.05, 3.63) is 6.61 Å². The first-order valence-electron chi connectivity index (χ1n) is 6.19. The third kappa shape index (κ3) is 3.69. The van der Waals surface area contributed by atoms with E-state index in [1.807, 2.05) is 0 Å². The predicted molar refractivity (Wildman–Crippen MR) is 62.7 cm³/mol. The van der Waals surface area contributed by atoms with Gasteiger partial charge in [-0.3, -0.25) is 0 Å². The summed E-state index contributed by atoms with van der Waals surface area (Å²) in [6, 6.07) is 0. The molecule has 16 heavy (non-hydrogen) atoms. The molecule has 0 unspecified atom stereocenters. The van der Waals surface area contributed by atoms with E-state index < -0.39 is 6.16 Å². The van der Waals surface area contributed by atoms with Crippen molar-refractivity contribution in [2.75, 3.05) is 0 Å². The summed E-state index contributed by atoms with van der Waals surface area (Å²) in [5.74, 6) is 1.66. The summed E-state index contributed by atoms with van der Waals surface area (Å²) in [4.78, 5) is 11.3. The smallest absolute Gasteiger partial charge is 0.431 e. The van der Waals surface area contributed by atoms with E-state index in [2.05, 4.69) is 20.8 Å². The third-order valence-electron chi connectivity index (χ3n) is 3.42. The van der Waals surface area contributed by atoms with Crippen LogP contribution in [0.4, 0.5) is 4.79 Å². The van der Waals surface area contributed by atoms with Crippen LogP contribution in [0.2, 0.25) is 0 Å². The summed E-state index contributed by atoms with van der Waals surface area (Å²) in [5.41, 5.74) is 0. The van der Waals surface area contributed by atoms with Gasteiger partial charge < -0.3 is 9.47 Å². The molecule has 1 fully saturated rings. The van der Waals surface area contributed by atoms with Gasteiger partial charge in [-0.1, -0.05) is 27.2 Å². The van der Waals surface area contributed by atoms with E-state index >= 15 is 0 Å². The SMILES string of the molecule is C[CH]OC(=O)O[C@H]1C[C@@H](C)CC[C@@H]1C(C)C. The Hall–Kier alpha value is -0.730. The number of hydrogen-bond acceptors (Lipinski definition) is 3. The number of hydrogen-bond donors (Lipinski definition) is 0. The normalized spacial score (nSPS) is 30.2. The van der Waals surface area contributed by atoms with Crippen LogP contribution < -0.4 is 0 Å². The van der Waals surface area contributed by atoms with Gasteiger partial charge in [-0.15, -0.1) is 0 Å². The van der Waals surface area contributed by atoms with Crippen LogP contribution in [0, 0.1) is 24.4 Å². The number of rotatable bonds is 3. The molecule has 1 aliphatic carbocycles. The molecule has 0 aromatic rings. The first kappa shape index (κ1) is 13.3. The second-order valence-electron chi connectivity index (χ2n) is 5.09. The molecule has 0 amide bonds. The quantitative estimate of drug-likeness (QED) is 0.688. The van der Waals surface area contributed by atoms with Gasteiger partial charge in [0, 0.05) is 0 Å². The molecule has 1 aliphatic rings. The number of carbonyl (C=O) groups excluding carboxylic acids is 1. The first-order valence-corrected chi connectivity index (χ1v) is 6.19. The molecule has 1 rings (SSSR count). The molecule has 0 spiro atoms. The van der Waals surface area contributed by atoms with Crippen LogP contribution in [0.5, 0.6) is 0 Å². The van der Waals surface area contributed by atoms with E-state index in [1.165, 1.54) is 13.0 Å². The number of ether oxygens (including phenoxy) is 2. The van der Waals surface area contributed by atoms with E-state index in [9.17, 15) is 4.79 Å². The molecule has 0 aliphatic heterocycles. The van der Waals surface area contributed by atoms with Crippen molar-refractivity contribution in [2.24, 2.45) is 17.8 Å². The van der Waals surface area contributed by atoms with Crippen LogP contribution in [0.25, 0.3) is 0 Å². The fraction of sp³-hybridized carbons (Fsp3) is 0.846. The minimum absolute atomic E-state index is 0.0243. The summed E-state index contributed by atoms with van der Waals surface area (Å²) < 4.78 is 10.1. The zero-order valence-electron chi connectivity index (χ0n) is 10.7. The molecule has 3 heteroatoms. The molecule has 1 saturated carbocycles. The van der Waals surface area contributed by atoms with Crippen molar-refractivity contribution in [3.8, 4) is 0 Å². The standard InChI is InChI=1S/C13H23O3/c1-5-15-13(14)16-12-8-10(4)6-7-11(12)9(2)3/h5,9-12H,6-8H2,1-4H3/t10-,11+,12-/m0/s1. The molecule has 93 valence electrons. The fourth-order valence-electron chi connectivity index (χ4n) is 2.50. The van der Waals surface area contributed by atoms with E-state index in [4.69, 9.17) is 9.47 Å². The van der Waals surface area contributed by atoms with Gasteiger partial charge in [0.15, 0.2) is 0 Å². The number of carbonyl (C=O) groups is 1. The first-order chi connectivity index (χ1) is 7.54. The Balaban J connectivity index is 2.54. The van der Waals surface area contributed by atoms with Crippen LogP contribution in [-0.2, 0) is 9.47 Å². The Labute approximate surface area is 98.5 Å². The molecule has 0 N–H and O–H groups in total.